The molecule has 1 N–H and O–H groups in total. The minimum Gasteiger partial charge on any atom is -0.380 e. The monoisotopic (exact) mass is 269 g/mol. The summed E-state index contributed by atoms with van der Waals surface area (Å²) in [6.07, 6.45) is 0.384. The van der Waals surface area contributed by atoms with Gasteiger partial charge in [-0.25, -0.2) is 0 Å². The number of anilines is 1. The van der Waals surface area contributed by atoms with Gasteiger partial charge in [-0.3, -0.25) is 4.79 Å². The van der Waals surface area contributed by atoms with E-state index in [9.17, 15) is 4.79 Å². The Labute approximate surface area is 119 Å². The number of aryl methyl sites for hydroxylation is 1. The van der Waals surface area contributed by atoms with Crippen LogP contribution >= 0.6 is 0 Å². The van der Waals surface area contributed by atoms with Crippen molar-refractivity contribution in [3.63, 3.8) is 0 Å². The van der Waals surface area contributed by atoms with Gasteiger partial charge in [0.25, 0.3) is 0 Å². The number of nitrogens with one attached hydrogen (secondary N) is 1. The quantitative estimate of drug-likeness (QED) is 0.904. The molecule has 20 heavy (non-hydrogen) atoms. The summed E-state index contributed by atoms with van der Waals surface area (Å²) in [6.45, 7) is 2.58. The van der Waals surface area contributed by atoms with Crippen molar-refractivity contribution in [2.45, 2.75) is 20.0 Å². The van der Waals surface area contributed by atoms with Crippen molar-refractivity contribution in [1.29, 1.82) is 0 Å². The van der Waals surface area contributed by atoms with Gasteiger partial charge in [-0.05, 0) is 30.2 Å². The molecule has 0 atom stereocenters. The van der Waals surface area contributed by atoms with Crippen LogP contribution in [0.4, 0.5) is 5.69 Å². The van der Waals surface area contributed by atoms with Gasteiger partial charge < -0.3 is 10.1 Å². The highest BCUT2D eigenvalue weighted by Crippen LogP contribution is 2.12. The molecular weight excluding hydrogens is 250 g/mol. The van der Waals surface area contributed by atoms with Crippen molar-refractivity contribution >= 4 is 11.6 Å². The number of hydrogen-bond donors (Lipinski definition) is 1. The molecule has 0 heterocycles. The van der Waals surface area contributed by atoms with E-state index in [4.69, 9.17) is 4.74 Å². The third-order valence-electron chi connectivity index (χ3n) is 3.01. The zero-order valence-electron chi connectivity index (χ0n) is 11.8. The topological polar surface area (TPSA) is 38.3 Å². The Morgan fingerprint density at radius 3 is 2.55 bits per heavy atom. The highest BCUT2D eigenvalue weighted by Gasteiger charge is 2.04. The van der Waals surface area contributed by atoms with Crippen LogP contribution in [0.15, 0.2) is 48.5 Å². The summed E-state index contributed by atoms with van der Waals surface area (Å²) in [5, 5.41) is 2.91. The second kappa shape index (κ2) is 6.87. The molecule has 0 aromatic heterocycles. The lowest BCUT2D eigenvalue weighted by atomic mass is 10.1. The van der Waals surface area contributed by atoms with Gasteiger partial charge in [0.05, 0.1) is 13.0 Å². The SMILES string of the molecule is COCc1cccc(NC(=O)Cc2ccc(C)cc2)c1. The van der Waals surface area contributed by atoms with Crippen molar-refractivity contribution in [3.8, 4) is 0 Å². The molecule has 2 rings (SSSR count). The second-order valence-electron chi connectivity index (χ2n) is 4.84. The molecule has 0 saturated heterocycles. The minimum absolute atomic E-state index is 0.0107. The van der Waals surface area contributed by atoms with Gasteiger partial charge in [0.2, 0.25) is 5.91 Å². The lowest BCUT2D eigenvalue weighted by molar-refractivity contribution is -0.115. The van der Waals surface area contributed by atoms with E-state index in [2.05, 4.69) is 5.32 Å². The Bertz CT molecular complexity index is 576. The first-order valence-electron chi connectivity index (χ1n) is 6.60. The molecule has 0 bridgehead atoms. The molecule has 3 nitrogen and oxygen atoms in total. The van der Waals surface area contributed by atoms with Crippen LogP contribution in [0, 0.1) is 6.92 Å². The van der Waals surface area contributed by atoms with Gasteiger partial charge in [0.1, 0.15) is 0 Å². The summed E-state index contributed by atoms with van der Waals surface area (Å²) in [6, 6.07) is 15.7. The first-order chi connectivity index (χ1) is 9.67. The number of methoxy groups -OCH3 is 1. The van der Waals surface area contributed by atoms with Crippen LogP contribution in [0.3, 0.4) is 0 Å². The highest BCUT2D eigenvalue weighted by atomic mass is 16.5. The van der Waals surface area contributed by atoms with Crippen LogP contribution in [-0.4, -0.2) is 13.0 Å². The van der Waals surface area contributed by atoms with Crippen LogP contribution in [0.2, 0.25) is 0 Å². The zero-order chi connectivity index (χ0) is 14.4. The number of amides is 1. The van der Waals surface area contributed by atoms with Crippen LogP contribution in [0.5, 0.6) is 0 Å². The van der Waals surface area contributed by atoms with E-state index in [1.54, 1.807) is 7.11 Å². The summed E-state index contributed by atoms with van der Waals surface area (Å²) in [7, 11) is 1.66. The molecule has 1 amide bonds. The molecule has 0 spiro atoms. The van der Waals surface area contributed by atoms with E-state index in [1.165, 1.54) is 5.56 Å². The number of benzene rings is 2. The van der Waals surface area contributed by atoms with E-state index in [0.717, 1.165) is 16.8 Å². The van der Waals surface area contributed by atoms with E-state index in [-0.39, 0.29) is 5.91 Å². The molecular formula is C17H19NO2. The van der Waals surface area contributed by atoms with Gasteiger partial charge in [-0.1, -0.05) is 42.0 Å². The predicted octanol–water partition coefficient (Wildman–Crippen LogP) is 3.32. The van der Waals surface area contributed by atoms with Crippen molar-refractivity contribution in [2.75, 3.05) is 12.4 Å². The second-order valence-corrected chi connectivity index (χ2v) is 4.84. The maximum Gasteiger partial charge on any atom is 0.228 e. The lowest BCUT2D eigenvalue weighted by Gasteiger charge is -2.07. The summed E-state index contributed by atoms with van der Waals surface area (Å²) in [5.74, 6) is -0.0107. The number of rotatable bonds is 5. The van der Waals surface area contributed by atoms with Gasteiger partial charge in [0, 0.05) is 12.8 Å². The molecule has 0 aliphatic rings. The maximum atomic E-state index is 12.0. The number of ether oxygens (including phenoxy) is 1. The first-order valence-corrected chi connectivity index (χ1v) is 6.60. The summed E-state index contributed by atoms with van der Waals surface area (Å²) in [4.78, 5) is 12.0. The van der Waals surface area contributed by atoms with Crippen molar-refractivity contribution in [2.24, 2.45) is 0 Å². The first kappa shape index (κ1) is 14.3. The van der Waals surface area contributed by atoms with E-state index < -0.39 is 0 Å². The average Bonchev–Trinajstić information content (AvgIpc) is 2.42. The van der Waals surface area contributed by atoms with Crippen LogP contribution in [0.1, 0.15) is 16.7 Å². The maximum absolute atomic E-state index is 12.0. The standard InChI is InChI=1S/C17H19NO2/c1-13-6-8-14(9-7-13)11-17(19)18-16-5-3-4-15(10-16)12-20-2/h3-10H,11-12H2,1-2H3,(H,18,19). The molecule has 0 saturated carbocycles. The fraction of sp³-hybridized carbons (Fsp3) is 0.235. The molecule has 3 heteroatoms. The smallest absolute Gasteiger partial charge is 0.228 e. The van der Waals surface area contributed by atoms with Gasteiger partial charge in [-0.15, -0.1) is 0 Å². The van der Waals surface area contributed by atoms with E-state index >= 15 is 0 Å². The molecule has 0 radical (unpaired) electrons. The number of carbonyl (C=O) groups excluding carboxylic acids is 1. The molecule has 0 aliphatic heterocycles. The molecule has 104 valence electrons. The van der Waals surface area contributed by atoms with Gasteiger partial charge in [0.15, 0.2) is 0 Å². The predicted molar refractivity (Wildman–Crippen MR) is 80.7 cm³/mol. The van der Waals surface area contributed by atoms with Gasteiger partial charge >= 0.3 is 0 Å². The Hall–Kier alpha value is -2.13. The summed E-state index contributed by atoms with van der Waals surface area (Å²) in [5.41, 5.74) is 4.06. The fourth-order valence-corrected chi connectivity index (χ4v) is 2.00. The van der Waals surface area contributed by atoms with Gasteiger partial charge in [-0.2, -0.15) is 0 Å². The largest absolute Gasteiger partial charge is 0.380 e. The van der Waals surface area contributed by atoms with Crippen LogP contribution in [0.25, 0.3) is 0 Å². The Balaban J connectivity index is 1.97. The molecule has 0 unspecified atom stereocenters. The number of carbonyl (C=O) groups is 1. The summed E-state index contributed by atoms with van der Waals surface area (Å²) >= 11 is 0. The Morgan fingerprint density at radius 2 is 1.85 bits per heavy atom. The highest BCUT2D eigenvalue weighted by molar-refractivity contribution is 5.92. The fourth-order valence-electron chi connectivity index (χ4n) is 2.00. The molecule has 0 fully saturated rings. The molecule has 0 aliphatic carbocycles. The van der Waals surface area contributed by atoms with Crippen molar-refractivity contribution in [3.05, 3.63) is 65.2 Å². The summed E-state index contributed by atoms with van der Waals surface area (Å²) < 4.78 is 5.08. The third kappa shape index (κ3) is 4.21. The third-order valence-corrected chi connectivity index (χ3v) is 3.01. The normalized spacial score (nSPS) is 10.3. The molecule has 2 aromatic rings. The van der Waals surface area contributed by atoms with Crippen molar-refractivity contribution < 1.29 is 9.53 Å². The van der Waals surface area contributed by atoms with E-state index in [0.29, 0.717) is 13.0 Å². The van der Waals surface area contributed by atoms with Crippen LogP contribution < -0.4 is 5.32 Å². The zero-order valence-corrected chi connectivity index (χ0v) is 11.8. The molecule has 2 aromatic carbocycles. The lowest BCUT2D eigenvalue weighted by Crippen LogP contribution is -2.14. The average molecular weight is 269 g/mol. The van der Waals surface area contributed by atoms with Crippen molar-refractivity contribution in [1.82, 2.24) is 0 Å². The van der Waals surface area contributed by atoms with E-state index in [1.807, 2.05) is 55.5 Å². The number of hydrogen-bond acceptors (Lipinski definition) is 2. The Kier molecular flexibility index (Phi) is 4.91. The minimum atomic E-state index is -0.0107. The van der Waals surface area contributed by atoms with Crippen LogP contribution in [-0.2, 0) is 22.6 Å². The Morgan fingerprint density at radius 1 is 1.10 bits per heavy atom.